The van der Waals surface area contributed by atoms with Crippen LogP contribution in [0.1, 0.15) is 18.5 Å². The number of methoxy groups -OCH3 is 1. The fourth-order valence-corrected chi connectivity index (χ4v) is 4.40. The molecule has 3 aromatic carbocycles. The smallest absolute Gasteiger partial charge is 0.255 e. The number of rotatable bonds is 5. The van der Waals surface area contributed by atoms with Crippen molar-refractivity contribution < 1.29 is 13.9 Å². The summed E-state index contributed by atoms with van der Waals surface area (Å²) in [5, 5.41) is 11.5. The second-order valence-electron chi connectivity index (χ2n) is 8.10. The van der Waals surface area contributed by atoms with E-state index in [1.54, 1.807) is 60.1 Å². The third-order valence-corrected chi connectivity index (χ3v) is 6.55. The van der Waals surface area contributed by atoms with E-state index in [0.717, 1.165) is 0 Å². The number of benzene rings is 3. The van der Waals surface area contributed by atoms with E-state index in [1.807, 2.05) is 6.07 Å². The van der Waals surface area contributed by atoms with Crippen LogP contribution in [0.25, 0.3) is 11.4 Å². The maximum Gasteiger partial charge on any atom is 0.255 e. The van der Waals surface area contributed by atoms with Crippen LogP contribution in [0.4, 0.5) is 16.0 Å². The number of carbonyl (C=O) groups is 1. The van der Waals surface area contributed by atoms with Crippen LogP contribution in [0.3, 0.4) is 0 Å². The number of fused-ring (bicyclic) bond motifs is 1. The van der Waals surface area contributed by atoms with Crippen LogP contribution < -0.4 is 15.4 Å². The Hall–Kier alpha value is -3.88. The van der Waals surface area contributed by atoms with Crippen LogP contribution in [0.5, 0.6) is 5.75 Å². The first-order valence-electron chi connectivity index (χ1n) is 11.0. The number of nitrogens with zero attached hydrogens (tertiary/aromatic N) is 3. The molecule has 1 amide bonds. The van der Waals surface area contributed by atoms with Gasteiger partial charge in [0, 0.05) is 11.3 Å². The molecule has 4 aromatic rings. The highest BCUT2D eigenvalue weighted by molar-refractivity contribution is 6.42. The number of hydrogen-bond acceptors (Lipinski definition) is 5. The molecular weight excluding hydrogens is 504 g/mol. The summed E-state index contributed by atoms with van der Waals surface area (Å²) in [6.07, 6.45) is 0. The minimum absolute atomic E-state index is 0.343. The largest absolute Gasteiger partial charge is 0.495 e. The molecule has 0 spiro atoms. The molecule has 5 rings (SSSR count). The monoisotopic (exact) mass is 523 g/mol. The van der Waals surface area contributed by atoms with Gasteiger partial charge in [-0.25, -0.2) is 9.07 Å². The van der Waals surface area contributed by atoms with Crippen molar-refractivity contribution in [3.8, 4) is 17.1 Å². The first-order chi connectivity index (χ1) is 17.4. The van der Waals surface area contributed by atoms with Crippen molar-refractivity contribution in [1.82, 2.24) is 14.8 Å². The Balaban J connectivity index is 1.61. The van der Waals surface area contributed by atoms with Gasteiger partial charge < -0.3 is 15.4 Å². The van der Waals surface area contributed by atoms with E-state index in [-0.39, 0.29) is 11.7 Å². The van der Waals surface area contributed by atoms with E-state index in [9.17, 15) is 9.18 Å². The average molecular weight is 524 g/mol. The van der Waals surface area contributed by atoms with Crippen LogP contribution in [0.2, 0.25) is 10.0 Å². The summed E-state index contributed by atoms with van der Waals surface area (Å²) in [7, 11) is 1.54. The van der Waals surface area contributed by atoms with Crippen molar-refractivity contribution in [1.29, 1.82) is 0 Å². The van der Waals surface area contributed by atoms with Gasteiger partial charge in [-0.3, -0.25) is 4.79 Å². The standard InChI is InChI=1S/C26H20Cl2FN5O2/c1-14-22(25(35)31-20-5-3-4-6-21(20)36-2)23(16-9-12-18(27)19(28)13-16)34-26(30-14)32-24(33-34)15-7-10-17(29)11-8-15/h3-13,23H,1-2H3,(H,31,35)(H,30,32,33). The predicted molar refractivity (Wildman–Crippen MR) is 138 cm³/mol. The molecule has 0 fully saturated rings. The highest BCUT2D eigenvalue weighted by Gasteiger charge is 2.35. The number of anilines is 2. The summed E-state index contributed by atoms with van der Waals surface area (Å²) in [5.74, 6) is 0.616. The number of halogens is 3. The zero-order chi connectivity index (χ0) is 25.4. The molecule has 1 aliphatic heterocycles. The van der Waals surface area contributed by atoms with Gasteiger partial charge in [0.25, 0.3) is 5.91 Å². The number of nitrogens with one attached hydrogen (secondary N) is 2. The molecule has 1 atom stereocenters. The van der Waals surface area contributed by atoms with Gasteiger partial charge in [-0.1, -0.05) is 41.4 Å². The highest BCUT2D eigenvalue weighted by Crippen LogP contribution is 2.39. The average Bonchev–Trinajstić information content (AvgIpc) is 3.29. The number of ether oxygens (including phenoxy) is 1. The minimum Gasteiger partial charge on any atom is -0.495 e. The van der Waals surface area contributed by atoms with E-state index in [1.165, 1.54) is 19.2 Å². The van der Waals surface area contributed by atoms with Gasteiger partial charge in [0.1, 0.15) is 17.6 Å². The molecule has 1 aromatic heterocycles. The van der Waals surface area contributed by atoms with Crippen LogP contribution in [0.15, 0.2) is 78.0 Å². The molecule has 0 saturated heterocycles. The molecule has 1 unspecified atom stereocenters. The van der Waals surface area contributed by atoms with Crippen molar-refractivity contribution in [2.75, 3.05) is 17.7 Å². The summed E-state index contributed by atoms with van der Waals surface area (Å²) < 4.78 is 20.5. The zero-order valence-electron chi connectivity index (χ0n) is 19.2. The second-order valence-corrected chi connectivity index (χ2v) is 8.92. The third kappa shape index (κ3) is 4.41. The third-order valence-electron chi connectivity index (χ3n) is 5.81. The van der Waals surface area contributed by atoms with E-state index in [4.69, 9.17) is 27.9 Å². The Morgan fingerprint density at radius 2 is 1.83 bits per heavy atom. The lowest BCUT2D eigenvalue weighted by Crippen LogP contribution is -2.31. The molecule has 0 bridgehead atoms. The number of carbonyl (C=O) groups excluding carboxylic acids is 1. The predicted octanol–water partition coefficient (Wildman–Crippen LogP) is 6.33. The Kier molecular flexibility index (Phi) is 6.38. The lowest BCUT2D eigenvalue weighted by molar-refractivity contribution is -0.113. The normalized spacial score (nSPS) is 14.8. The molecule has 2 N–H and O–H groups in total. The zero-order valence-corrected chi connectivity index (χ0v) is 20.7. The van der Waals surface area contributed by atoms with E-state index in [0.29, 0.717) is 55.7 Å². The summed E-state index contributed by atoms with van der Waals surface area (Å²) >= 11 is 12.5. The van der Waals surface area contributed by atoms with Gasteiger partial charge in [0.2, 0.25) is 5.95 Å². The molecule has 182 valence electrons. The summed E-state index contributed by atoms with van der Waals surface area (Å²) in [5.41, 5.74) is 2.83. The van der Waals surface area contributed by atoms with E-state index in [2.05, 4.69) is 20.7 Å². The van der Waals surface area contributed by atoms with Crippen LogP contribution in [0, 0.1) is 5.82 Å². The SMILES string of the molecule is COc1ccccc1NC(=O)C1=C(C)Nc2nc(-c3ccc(F)cc3)nn2C1c1ccc(Cl)c(Cl)c1. The number of hydrogen-bond donors (Lipinski definition) is 2. The van der Waals surface area contributed by atoms with Gasteiger partial charge in [-0.2, -0.15) is 4.98 Å². The van der Waals surface area contributed by atoms with Crippen molar-refractivity contribution in [2.24, 2.45) is 0 Å². The number of para-hydroxylation sites is 2. The first-order valence-corrected chi connectivity index (χ1v) is 11.7. The van der Waals surface area contributed by atoms with Crippen molar-refractivity contribution in [2.45, 2.75) is 13.0 Å². The lowest BCUT2D eigenvalue weighted by Gasteiger charge is -2.29. The number of aromatic nitrogens is 3. The Morgan fingerprint density at radius 1 is 1.08 bits per heavy atom. The highest BCUT2D eigenvalue weighted by atomic mass is 35.5. The van der Waals surface area contributed by atoms with Crippen molar-refractivity contribution in [3.63, 3.8) is 0 Å². The van der Waals surface area contributed by atoms with E-state index >= 15 is 0 Å². The van der Waals surface area contributed by atoms with Gasteiger partial charge >= 0.3 is 0 Å². The fraction of sp³-hybridized carbons (Fsp3) is 0.115. The summed E-state index contributed by atoms with van der Waals surface area (Å²) in [4.78, 5) is 18.3. The van der Waals surface area contributed by atoms with Gasteiger partial charge in [-0.05, 0) is 61.0 Å². The van der Waals surface area contributed by atoms with Gasteiger partial charge in [0.15, 0.2) is 5.82 Å². The molecule has 0 radical (unpaired) electrons. The quantitative estimate of drug-likeness (QED) is 0.319. The molecule has 2 heterocycles. The second kappa shape index (κ2) is 9.64. The van der Waals surface area contributed by atoms with Crippen molar-refractivity contribution >= 4 is 40.7 Å². The number of allylic oxidation sites excluding steroid dienone is 1. The maximum absolute atomic E-state index is 13.7. The lowest BCUT2D eigenvalue weighted by atomic mass is 9.95. The molecule has 36 heavy (non-hydrogen) atoms. The fourth-order valence-electron chi connectivity index (χ4n) is 4.09. The molecule has 0 saturated carbocycles. The number of amides is 1. The van der Waals surface area contributed by atoms with Crippen molar-refractivity contribution in [3.05, 3.63) is 99.4 Å². The van der Waals surface area contributed by atoms with Crippen LogP contribution in [-0.2, 0) is 4.79 Å². The van der Waals surface area contributed by atoms with E-state index < -0.39 is 6.04 Å². The Labute approximate surface area is 216 Å². The first kappa shape index (κ1) is 23.8. The summed E-state index contributed by atoms with van der Waals surface area (Å²) in [6.45, 7) is 1.79. The molecule has 10 heteroatoms. The summed E-state index contributed by atoms with van der Waals surface area (Å²) in [6, 6.07) is 17.5. The molecule has 1 aliphatic rings. The van der Waals surface area contributed by atoms with Gasteiger partial charge in [-0.15, -0.1) is 5.10 Å². The maximum atomic E-state index is 13.7. The Morgan fingerprint density at radius 3 is 2.56 bits per heavy atom. The molecule has 7 nitrogen and oxygen atoms in total. The van der Waals surface area contributed by atoms with Gasteiger partial charge in [0.05, 0.1) is 28.4 Å². The Bertz CT molecular complexity index is 1500. The minimum atomic E-state index is -0.674. The molecule has 0 aliphatic carbocycles. The van der Waals surface area contributed by atoms with Crippen LogP contribution >= 0.6 is 23.2 Å². The van der Waals surface area contributed by atoms with Crippen LogP contribution in [-0.4, -0.2) is 27.8 Å². The molecular formula is C26H20Cl2FN5O2. The topological polar surface area (TPSA) is 81.1 Å².